The summed E-state index contributed by atoms with van der Waals surface area (Å²) in [6, 6.07) is 8.61. The Morgan fingerprint density at radius 3 is 2.65 bits per heavy atom. The van der Waals surface area contributed by atoms with E-state index in [1.807, 2.05) is 4.90 Å². The third-order valence-corrected chi connectivity index (χ3v) is 6.64. The first-order valence-electron chi connectivity index (χ1n) is 11.9. The predicted molar refractivity (Wildman–Crippen MR) is 132 cm³/mol. The van der Waals surface area contributed by atoms with Crippen LogP contribution in [0.1, 0.15) is 18.7 Å². The molecule has 190 valence electrons. The molecule has 0 atom stereocenters. The number of aromatic nitrogens is 6. The number of piperidine rings is 1. The van der Waals surface area contributed by atoms with E-state index in [0.29, 0.717) is 53.0 Å². The van der Waals surface area contributed by atoms with Gasteiger partial charge >= 0.3 is 0 Å². The molecule has 37 heavy (non-hydrogen) atoms. The molecule has 0 aliphatic carbocycles. The minimum atomic E-state index is -1.01. The fourth-order valence-electron chi connectivity index (χ4n) is 4.60. The molecule has 1 aliphatic heterocycles. The Hall–Kier alpha value is -4.19. The number of halogens is 3. The van der Waals surface area contributed by atoms with Gasteiger partial charge < -0.3 is 20.3 Å². The summed E-state index contributed by atoms with van der Waals surface area (Å²) in [5.74, 6) is -0.824. The second-order valence-corrected chi connectivity index (χ2v) is 9.05. The Balaban J connectivity index is 1.38. The van der Waals surface area contributed by atoms with E-state index >= 15 is 0 Å². The van der Waals surface area contributed by atoms with E-state index in [-0.39, 0.29) is 30.4 Å². The summed E-state index contributed by atoms with van der Waals surface area (Å²) in [6.07, 6.45) is 3.18. The van der Waals surface area contributed by atoms with Crippen LogP contribution in [-0.4, -0.2) is 54.3 Å². The topological polar surface area (TPSA) is 108 Å². The highest BCUT2D eigenvalue weighted by Gasteiger charge is 2.23. The SMILES string of the molecule is OCC1CCN(c2nc(NCc3nc4c(F)c(F)ccc4[nH]3)c3ncn(-c4cccc(F)c4)c3n2)CC1. The lowest BCUT2D eigenvalue weighted by Crippen LogP contribution is -2.36. The Morgan fingerprint density at radius 1 is 1.03 bits per heavy atom. The highest BCUT2D eigenvalue weighted by molar-refractivity contribution is 5.85. The number of aliphatic hydroxyl groups is 1. The summed E-state index contributed by atoms with van der Waals surface area (Å²) in [5.41, 5.74) is 1.82. The van der Waals surface area contributed by atoms with Crippen LogP contribution in [0.5, 0.6) is 0 Å². The van der Waals surface area contributed by atoms with Crippen LogP contribution >= 0.6 is 0 Å². The minimum Gasteiger partial charge on any atom is -0.396 e. The quantitative estimate of drug-likeness (QED) is 0.319. The van der Waals surface area contributed by atoms with Crippen molar-refractivity contribution in [2.75, 3.05) is 29.9 Å². The molecule has 0 spiro atoms. The van der Waals surface area contributed by atoms with Crippen LogP contribution in [0, 0.1) is 23.4 Å². The molecule has 1 aliphatic rings. The van der Waals surface area contributed by atoms with Crippen molar-refractivity contribution in [1.82, 2.24) is 29.5 Å². The van der Waals surface area contributed by atoms with Crippen LogP contribution in [0.4, 0.5) is 24.9 Å². The van der Waals surface area contributed by atoms with Crippen LogP contribution in [-0.2, 0) is 6.54 Å². The lowest BCUT2D eigenvalue weighted by Gasteiger charge is -2.31. The molecule has 0 bridgehead atoms. The molecule has 12 heteroatoms. The van der Waals surface area contributed by atoms with Gasteiger partial charge in [-0.3, -0.25) is 4.57 Å². The molecule has 3 N–H and O–H groups in total. The van der Waals surface area contributed by atoms with Gasteiger partial charge in [0.25, 0.3) is 0 Å². The van der Waals surface area contributed by atoms with Crippen LogP contribution in [0.3, 0.4) is 0 Å². The Labute approximate surface area is 209 Å². The number of nitrogens with one attached hydrogen (secondary N) is 2. The molecular weight excluding hydrogens is 485 g/mol. The predicted octanol–water partition coefficient (Wildman–Crippen LogP) is 3.93. The third-order valence-electron chi connectivity index (χ3n) is 6.64. The van der Waals surface area contributed by atoms with E-state index in [9.17, 15) is 18.3 Å². The lowest BCUT2D eigenvalue weighted by atomic mass is 9.98. The highest BCUT2D eigenvalue weighted by atomic mass is 19.2. The first-order chi connectivity index (χ1) is 18.0. The average Bonchev–Trinajstić information content (AvgIpc) is 3.54. The fraction of sp³-hybridized carbons (Fsp3) is 0.280. The second kappa shape index (κ2) is 9.36. The summed E-state index contributed by atoms with van der Waals surface area (Å²) in [4.78, 5) is 23.2. The van der Waals surface area contributed by atoms with Crippen LogP contribution in [0.25, 0.3) is 27.9 Å². The van der Waals surface area contributed by atoms with Crippen molar-refractivity contribution < 1.29 is 18.3 Å². The van der Waals surface area contributed by atoms with Crippen LogP contribution in [0.2, 0.25) is 0 Å². The summed E-state index contributed by atoms with van der Waals surface area (Å²) < 4.78 is 43.4. The number of benzene rings is 2. The number of aliphatic hydroxyl groups excluding tert-OH is 1. The van der Waals surface area contributed by atoms with Crippen molar-refractivity contribution in [2.24, 2.45) is 5.92 Å². The number of anilines is 2. The summed E-state index contributed by atoms with van der Waals surface area (Å²) in [5, 5.41) is 12.7. The number of rotatable bonds is 6. The van der Waals surface area contributed by atoms with Gasteiger partial charge in [-0.1, -0.05) is 6.07 Å². The van der Waals surface area contributed by atoms with Crippen LogP contribution in [0.15, 0.2) is 42.7 Å². The second-order valence-electron chi connectivity index (χ2n) is 9.05. The smallest absolute Gasteiger partial charge is 0.229 e. The standard InChI is InChI=1S/C25H23F3N8O/c26-15-2-1-3-16(10-15)36-13-30-22-23(29-11-19-31-18-5-4-17(27)20(28)21(18)32-19)33-25(34-24(22)36)35-8-6-14(12-37)7-9-35/h1-5,10,13-14,37H,6-9,11-12H2,(H,31,32)(H,29,33,34). The van der Waals surface area contributed by atoms with Gasteiger partial charge in [0.05, 0.1) is 17.7 Å². The summed E-state index contributed by atoms with van der Waals surface area (Å²) in [6.45, 7) is 1.65. The van der Waals surface area contributed by atoms with Gasteiger partial charge in [0.1, 0.15) is 23.5 Å². The van der Waals surface area contributed by atoms with Crippen molar-refractivity contribution >= 4 is 34.0 Å². The molecule has 3 aromatic heterocycles. The molecule has 1 saturated heterocycles. The van der Waals surface area contributed by atoms with E-state index in [1.54, 1.807) is 23.0 Å². The summed E-state index contributed by atoms with van der Waals surface area (Å²) >= 11 is 0. The van der Waals surface area contributed by atoms with Gasteiger partial charge in [-0.25, -0.2) is 23.1 Å². The normalized spacial score (nSPS) is 14.6. The third kappa shape index (κ3) is 4.33. The number of aromatic amines is 1. The molecular formula is C25H23F3N8O. The van der Waals surface area contributed by atoms with Crippen molar-refractivity contribution in [1.29, 1.82) is 0 Å². The molecule has 4 heterocycles. The van der Waals surface area contributed by atoms with Crippen LogP contribution < -0.4 is 10.2 Å². The van der Waals surface area contributed by atoms with Crippen molar-refractivity contribution in [3.8, 4) is 5.69 Å². The summed E-state index contributed by atoms with van der Waals surface area (Å²) in [7, 11) is 0. The first-order valence-corrected chi connectivity index (χ1v) is 11.9. The Kier molecular flexibility index (Phi) is 5.87. The van der Waals surface area contributed by atoms with Gasteiger partial charge in [0.15, 0.2) is 28.6 Å². The maximum absolute atomic E-state index is 14.1. The van der Waals surface area contributed by atoms with Gasteiger partial charge in [-0.15, -0.1) is 0 Å². The number of nitrogens with zero attached hydrogens (tertiary/aromatic N) is 6. The van der Waals surface area contributed by atoms with E-state index in [1.165, 1.54) is 18.2 Å². The number of H-pyrrole nitrogens is 1. The number of hydrogen-bond donors (Lipinski definition) is 3. The number of fused-ring (bicyclic) bond motifs is 2. The van der Waals surface area contributed by atoms with Crippen molar-refractivity contribution in [3.05, 3.63) is 66.0 Å². The van der Waals surface area contributed by atoms with E-state index in [4.69, 9.17) is 9.97 Å². The first kappa shape index (κ1) is 23.2. The monoisotopic (exact) mass is 508 g/mol. The molecule has 6 rings (SSSR count). The van der Waals surface area contributed by atoms with Gasteiger partial charge in [-0.05, 0) is 49.1 Å². The lowest BCUT2D eigenvalue weighted by molar-refractivity contribution is 0.202. The molecule has 2 aromatic carbocycles. The van der Waals surface area contributed by atoms with Gasteiger partial charge in [0.2, 0.25) is 5.95 Å². The van der Waals surface area contributed by atoms with E-state index in [2.05, 4.69) is 20.3 Å². The zero-order chi connectivity index (χ0) is 25.5. The van der Waals surface area contributed by atoms with E-state index in [0.717, 1.165) is 18.9 Å². The largest absolute Gasteiger partial charge is 0.396 e. The molecule has 0 amide bonds. The number of imidazole rings is 2. The minimum absolute atomic E-state index is 0.0764. The molecule has 9 nitrogen and oxygen atoms in total. The van der Waals surface area contributed by atoms with Gasteiger partial charge in [0, 0.05) is 19.7 Å². The maximum atomic E-state index is 14.1. The molecule has 1 fully saturated rings. The molecule has 0 saturated carbocycles. The molecule has 0 unspecified atom stereocenters. The van der Waals surface area contributed by atoms with Crippen molar-refractivity contribution in [2.45, 2.75) is 19.4 Å². The highest BCUT2D eigenvalue weighted by Crippen LogP contribution is 2.28. The zero-order valence-electron chi connectivity index (χ0n) is 19.6. The zero-order valence-corrected chi connectivity index (χ0v) is 19.6. The Bertz CT molecular complexity index is 1590. The molecule has 0 radical (unpaired) electrons. The fourth-order valence-corrected chi connectivity index (χ4v) is 4.60. The van der Waals surface area contributed by atoms with E-state index < -0.39 is 11.6 Å². The molecule has 5 aromatic rings. The average molecular weight is 509 g/mol. The van der Waals surface area contributed by atoms with Gasteiger partial charge in [-0.2, -0.15) is 9.97 Å². The number of hydrogen-bond acceptors (Lipinski definition) is 7. The Morgan fingerprint density at radius 2 is 1.86 bits per heavy atom. The maximum Gasteiger partial charge on any atom is 0.229 e. The van der Waals surface area contributed by atoms with Crippen molar-refractivity contribution in [3.63, 3.8) is 0 Å².